The van der Waals surface area contributed by atoms with Crippen molar-refractivity contribution >= 4 is 23.2 Å². The molecule has 0 radical (unpaired) electrons. The van der Waals surface area contributed by atoms with Crippen LogP contribution in [0.4, 0.5) is 4.39 Å². The smallest absolute Gasteiger partial charge is 0.144 e. The number of benzene rings is 1. The first-order chi connectivity index (χ1) is 9.11. The standard InChI is InChI=1S/C13H7Cl2FN2O/c14-10-4-13(15)18-6-8(10)7-19-12-3-1-2-11(16)9(12)5-17/h1-4,6H,7H2. The Bertz CT molecular complexity index is 656. The second-order valence-corrected chi connectivity index (χ2v) is 4.41. The van der Waals surface area contributed by atoms with Crippen LogP contribution in [-0.4, -0.2) is 4.98 Å². The van der Waals surface area contributed by atoms with E-state index < -0.39 is 5.82 Å². The minimum absolute atomic E-state index is 0.0706. The molecule has 0 saturated carbocycles. The predicted molar refractivity (Wildman–Crippen MR) is 69.7 cm³/mol. The number of nitriles is 1. The molecular weight excluding hydrogens is 290 g/mol. The lowest BCUT2D eigenvalue weighted by Gasteiger charge is -2.09. The minimum atomic E-state index is -0.625. The lowest BCUT2D eigenvalue weighted by molar-refractivity contribution is 0.303. The van der Waals surface area contributed by atoms with E-state index in [1.54, 1.807) is 6.07 Å². The summed E-state index contributed by atoms with van der Waals surface area (Å²) >= 11 is 11.6. The molecule has 0 aliphatic carbocycles. The van der Waals surface area contributed by atoms with Gasteiger partial charge in [-0.15, -0.1) is 0 Å². The van der Waals surface area contributed by atoms with Crippen LogP contribution in [0.1, 0.15) is 11.1 Å². The Morgan fingerprint density at radius 3 is 2.84 bits per heavy atom. The summed E-state index contributed by atoms with van der Waals surface area (Å²) in [7, 11) is 0. The van der Waals surface area contributed by atoms with Crippen molar-refractivity contribution in [1.29, 1.82) is 5.26 Å². The topological polar surface area (TPSA) is 45.9 Å². The van der Waals surface area contributed by atoms with E-state index in [1.165, 1.54) is 30.5 Å². The monoisotopic (exact) mass is 296 g/mol. The fourth-order valence-corrected chi connectivity index (χ4v) is 1.85. The largest absolute Gasteiger partial charge is 0.487 e. The molecule has 0 saturated heterocycles. The van der Waals surface area contributed by atoms with Crippen LogP contribution < -0.4 is 4.74 Å². The van der Waals surface area contributed by atoms with Gasteiger partial charge in [-0.1, -0.05) is 29.3 Å². The van der Waals surface area contributed by atoms with Crippen molar-refractivity contribution in [2.24, 2.45) is 0 Å². The average Bonchev–Trinajstić information content (AvgIpc) is 2.38. The Balaban J connectivity index is 2.20. The first-order valence-corrected chi connectivity index (χ1v) is 5.98. The lowest BCUT2D eigenvalue weighted by Crippen LogP contribution is -2.00. The predicted octanol–water partition coefficient (Wildman–Crippen LogP) is 3.98. The number of hydrogen-bond donors (Lipinski definition) is 0. The van der Waals surface area contributed by atoms with Crippen molar-refractivity contribution in [3.05, 3.63) is 57.6 Å². The van der Waals surface area contributed by atoms with Crippen LogP contribution in [0.15, 0.2) is 30.5 Å². The van der Waals surface area contributed by atoms with Gasteiger partial charge in [-0.25, -0.2) is 9.37 Å². The first kappa shape index (κ1) is 13.6. The Kier molecular flexibility index (Phi) is 4.20. The normalized spacial score (nSPS) is 10.0. The zero-order chi connectivity index (χ0) is 13.8. The van der Waals surface area contributed by atoms with Gasteiger partial charge in [-0.3, -0.25) is 0 Å². The third-order valence-corrected chi connectivity index (χ3v) is 2.93. The van der Waals surface area contributed by atoms with Crippen molar-refractivity contribution in [3.8, 4) is 11.8 Å². The van der Waals surface area contributed by atoms with E-state index in [-0.39, 0.29) is 23.1 Å². The van der Waals surface area contributed by atoms with Crippen LogP contribution in [0.25, 0.3) is 0 Å². The summed E-state index contributed by atoms with van der Waals surface area (Å²) < 4.78 is 18.7. The molecule has 1 heterocycles. The van der Waals surface area contributed by atoms with Crippen LogP contribution in [0.2, 0.25) is 10.2 Å². The molecule has 0 aliphatic rings. The van der Waals surface area contributed by atoms with Crippen LogP contribution in [0.3, 0.4) is 0 Å². The molecule has 0 amide bonds. The number of halogens is 3. The van der Waals surface area contributed by atoms with Gasteiger partial charge in [0, 0.05) is 11.8 Å². The fraction of sp³-hybridized carbons (Fsp3) is 0.0769. The van der Waals surface area contributed by atoms with Gasteiger partial charge in [0.2, 0.25) is 0 Å². The summed E-state index contributed by atoms with van der Waals surface area (Å²) in [5.74, 6) is -0.464. The molecule has 3 nitrogen and oxygen atoms in total. The van der Waals surface area contributed by atoms with E-state index >= 15 is 0 Å². The van der Waals surface area contributed by atoms with E-state index in [1.807, 2.05) is 0 Å². The van der Waals surface area contributed by atoms with Gasteiger partial charge in [-0.2, -0.15) is 5.26 Å². The van der Waals surface area contributed by atoms with Crippen LogP contribution >= 0.6 is 23.2 Å². The molecule has 19 heavy (non-hydrogen) atoms. The molecule has 0 bridgehead atoms. The van der Waals surface area contributed by atoms with E-state index in [0.29, 0.717) is 10.6 Å². The van der Waals surface area contributed by atoms with Crippen molar-refractivity contribution in [2.45, 2.75) is 6.61 Å². The summed E-state index contributed by atoms with van der Waals surface area (Å²) in [4.78, 5) is 3.87. The number of nitrogens with zero attached hydrogens (tertiary/aromatic N) is 2. The third kappa shape index (κ3) is 3.14. The molecule has 0 aliphatic heterocycles. The third-order valence-electron chi connectivity index (χ3n) is 2.37. The lowest BCUT2D eigenvalue weighted by atomic mass is 10.2. The SMILES string of the molecule is N#Cc1c(F)cccc1OCc1cnc(Cl)cc1Cl. The Labute approximate surface area is 119 Å². The molecule has 2 rings (SSSR count). The fourth-order valence-electron chi connectivity index (χ4n) is 1.43. The highest BCUT2D eigenvalue weighted by Gasteiger charge is 2.10. The summed E-state index contributed by atoms with van der Waals surface area (Å²) in [5, 5.41) is 9.53. The molecule has 0 unspecified atom stereocenters. The Morgan fingerprint density at radius 2 is 2.16 bits per heavy atom. The number of aromatic nitrogens is 1. The van der Waals surface area contributed by atoms with E-state index in [9.17, 15) is 4.39 Å². The highest BCUT2D eigenvalue weighted by Crippen LogP contribution is 2.24. The molecule has 1 aromatic heterocycles. The molecule has 6 heteroatoms. The Hall–Kier alpha value is -1.83. The number of rotatable bonds is 3. The van der Waals surface area contributed by atoms with Gasteiger partial charge in [0.1, 0.15) is 35.0 Å². The summed E-state index contributed by atoms with van der Waals surface area (Å²) in [6.07, 6.45) is 1.47. The molecule has 0 fully saturated rings. The van der Waals surface area contributed by atoms with Crippen molar-refractivity contribution in [3.63, 3.8) is 0 Å². The summed E-state index contributed by atoms with van der Waals surface area (Å²) in [5.41, 5.74) is 0.458. The van der Waals surface area contributed by atoms with Crippen molar-refractivity contribution in [1.82, 2.24) is 4.98 Å². The summed E-state index contributed by atoms with van der Waals surface area (Å²) in [6.45, 7) is 0.0706. The van der Waals surface area contributed by atoms with Gasteiger partial charge in [0.15, 0.2) is 0 Å². The molecule has 2 aromatic rings. The minimum Gasteiger partial charge on any atom is -0.487 e. The van der Waals surface area contributed by atoms with Gasteiger partial charge in [0.05, 0.1) is 5.02 Å². The quantitative estimate of drug-likeness (QED) is 0.805. The number of hydrogen-bond acceptors (Lipinski definition) is 3. The van der Waals surface area contributed by atoms with Gasteiger partial charge in [0.25, 0.3) is 0 Å². The zero-order valence-corrected chi connectivity index (χ0v) is 11.0. The van der Waals surface area contributed by atoms with Crippen LogP contribution in [-0.2, 0) is 6.61 Å². The second kappa shape index (κ2) is 5.87. The van der Waals surface area contributed by atoms with Crippen LogP contribution in [0, 0.1) is 17.1 Å². The zero-order valence-electron chi connectivity index (χ0n) is 9.53. The van der Waals surface area contributed by atoms with E-state index in [4.69, 9.17) is 33.2 Å². The van der Waals surface area contributed by atoms with Crippen LogP contribution in [0.5, 0.6) is 5.75 Å². The molecule has 96 valence electrons. The maximum atomic E-state index is 13.4. The maximum Gasteiger partial charge on any atom is 0.144 e. The number of pyridine rings is 1. The maximum absolute atomic E-state index is 13.4. The second-order valence-electron chi connectivity index (χ2n) is 3.61. The van der Waals surface area contributed by atoms with Gasteiger partial charge in [-0.05, 0) is 18.2 Å². The van der Waals surface area contributed by atoms with E-state index in [2.05, 4.69) is 4.98 Å². The van der Waals surface area contributed by atoms with Crippen molar-refractivity contribution < 1.29 is 9.13 Å². The van der Waals surface area contributed by atoms with Gasteiger partial charge < -0.3 is 4.74 Å². The molecule has 1 aromatic carbocycles. The summed E-state index contributed by atoms with van der Waals surface area (Å²) in [6, 6.07) is 7.41. The molecule has 0 spiro atoms. The average molecular weight is 297 g/mol. The molecular formula is C13H7Cl2FN2O. The van der Waals surface area contributed by atoms with Gasteiger partial charge >= 0.3 is 0 Å². The highest BCUT2D eigenvalue weighted by molar-refractivity contribution is 6.34. The molecule has 0 N–H and O–H groups in total. The van der Waals surface area contributed by atoms with E-state index in [0.717, 1.165) is 0 Å². The van der Waals surface area contributed by atoms with Crippen molar-refractivity contribution in [2.75, 3.05) is 0 Å². The molecule has 0 atom stereocenters. The highest BCUT2D eigenvalue weighted by atomic mass is 35.5. The number of ether oxygens (including phenoxy) is 1. The Morgan fingerprint density at radius 1 is 1.37 bits per heavy atom. The first-order valence-electron chi connectivity index (χ1n) is 5.23.